The number of nitrogens with zero attached hydrogens (tertiary/aromatic N) is 2. The number of rotatable bonds is 5. The second-order valence-electron chi connectivity index (χ2n) is 3.99. The summed E-state index contributed by atoms with van der Waals surface area (Å²) in [5.74, 6) is 0. The summed E-state index contributed by atoms with van der Waals surface area (Å²) < 4.78 is 0. The maximum absolute atomic E-state index is 4.19. The minimum absolute atomic E-state index is 0.495. The zero-order valence-corrected chi connectivity index (χ0v) is 10.1. The topological polar surface area (TPSA) is 28.2 Å². The molecule has 0 aliphatic carbocycles. The van der Waals surface area contributed by atoms with Gasteiger partial charge in [0.05, 0.1) is 11.9 Å². The monoisotopic (exact) mass is 207 g/mol. The molecule has 0 atom stereocenters. The van der Waals surface area contributed by atoms with Crippen LogP contribution in [0.15, 0.2) is 18.5 Å². The molecule has 0 unspecified atom stereocenters. The number of pyridine rings is 1. The molecule has 0 radical (unpaired) electrons. The van der Waals surface area contributed by atoms with E-state index in [1.807, 2.05) is 12.4 Å². The van der Waals surface area contributed by atoms with Gasteiger partial charge in [-0.05, 0) is 32.0 Å². The Bertz CT molecular complexity index is 297. The van der Waals surface area contributed by atoms with Crippen molar-refractivity contribution in [2.24, 2.45) is 0 Å². The van der Waals surface area contributed by atoms with Crippen molar-refractivity contribution < 1.29 is 0 Å². The van der Waals surface area contributed by atoms with Crippen molar-refractivity contribution in [1.82, 2.24) is 10.3 Å². The molecular weight excluding hydrogens is 186 g/mol. The number of aromatic nitrogens is 1. The fourth-order valence-electron chi connectivity index (χ4n) is 1.42. The van der Waals surface area contributed by atoms with Crippen molar-refractivity contribution >= 4 is 5.69 Å². The standard InChI is InChI=1S/C12H21N3/c1-5-13-8-11-6-7-14-9-12(11)15(4)10(2)3/h6-7,9-10,13H,5,8H2,1-4H3. The van der Waals surface area contributed by atoms with Gasteiger partial charge < -0.3 is 10.2 Å². The average molecular weight is 207 g/mol. The molecule has 1 aromatic rings. The van der Waals surface area contributed by atoms with Gasteiger partial charge in [-0.15, -0.1) is 0 Å². The molecule has 1 heterocycles. The lowest BCUT2D eigenvalue weighted by Gasteiger charge is -2.25. The molecule has 0 aliphatic rings. The highest BCUT2D eigenvalue weighted by Gasteiger charge is 2.09. The van der Waals surface area contributed by atoms with Gasteiger partial charge in [0, 0.05) is 25.8 Å². The zero-order valence-electron chi connectivity index (χ0n) is 10.1. The first kappa shape index (κ1) is 12.0. The summed E-state index contributed by atoms with van der Waals surface area (Å²) in [5, 5.41) is 3.34. The molecule has 84 valence electrons. The van der Waals surface area contributed by atoms with Gasteiger partial charge >= 0.3 is 0 Å². The maximum Gasteiger partial charge on any atom is 0.0598 e. The summed E-state index contributed by atoms with van der Waals surface area (Å²) in [6.45, 7) is 8.39. The van der Waals surface area contributed by atoms with Crippen LogP contribution in [0.4, 0.5) is 5.69 Å². The summed E-state index contributed by atoms with van der Waals surface area (Å²) in [4.78, 5) is 6.44. The lowest BCUT2D eigenvalue weighted by atomic mass is 10.2. The molecular formula is C12H21N3. The van der Waals surface area contributed by atoms with Crippen LogP contribution in [0.3, 0.4) is 0 Å². The van der Waals surface area contributed by atoms with E-state index in [0.717, 1.165) is 13.1 Å². The third kappa shape index (κ3) is 3.20. The van der Waals surface area contributed by atoms with Crippen LogP contribution in [0, 0.1) is 0 Å². The van der Waals surface area contributed by atoms with Gasteiger partial charge in [0.15, 0.2) is 0 Å². The molecule has 15 heavy (non-hydrogen) atoms. The van der Waals surface area contributed by atoms with Gasteiger partial charge in [0.2, 0.25) is 0 Å². The first-order valence-corrected chi connectivity index (χ1v) is 5.53. The number of nitrogens with one attached hydrogen (secondary N) is 1. The van der Waals surface area contributed by atoms with E-state index in [1.165, 1.54) is 11.3 Å². The van der Waals surface area contributed by atoms with Crippen molar-refractivity contribution in [3.8, 4) is 0 Å². The molecule has 3 nitrogen and oxygen atoms in total. The van der Waals surface area contributed by atoms with Crippen molar-refractivity contribution in [2.45, 2.75) is 33.4 Å². The van der Waals surface area contributed by atoms with Crippen molar-refractivity contribution in [3.63, 3.8) is 0 Å². The molecule has 1 N–H and O–H groups in total. The highest BCUT2D eigenvalue weighted by atomic mass is 15.1. The summed E-state index contributed by atoms with van der Waals surface area (Å²) in [6.07, 6.45) is 3.79. The fraction of sp³-hybridized carbons (Fsp3) is 0.583. The Kier molecular flexibility index (Phi) is 4.56. The normalized spacial score (nSPS) is 10.7. The maximum atomic E-state index is 4.19. The SMILES string of the molecule is CCNCc1ccncc1N(C)C(C)C. The summed E-state index contributed by atoms with van der Waals surface area (Å²) in [5.41, 5.74) is 2.52. The van der Waals surface area contributed by atoms with E-state index in [-0.39, 0.29) is 0 Å². The summed E-state index contributed by atoms with van der Waals surface area (Å²) in [6, 6.07) is 2.58. The molecule has 0 aliphatic heterocycles. The Morgan fingerprint density at radius 2 is 2.20 bits per heavy atom. The first-order chi connectivity index (χ1) is 7.16. The smallest absolute Gasteiger partial charge is 0.0598 e. The van der Waals surface area contributed by atoms with E-state index in [1.54, 1.807) is 0 Å². The van der Waals surface area contributed by atoms with Crippen LogP contribution < -0.4 is 10.2 Å². The molecule has 1 rings (SSSR count). The van der Waals surface area contributed by atoms with Gasteiger partial charge in [-0.2, -0.15) is 0 Å². The molecule has 0 aromatic carbocycles. The Balaban J connectivity index is 2.85. The van der Waals surface area contributed by atoms with Crippen LogP contribution in [0.5, 0.6) is 0 Å². The molecule has 0 spiro atoms. The second-order valence-corrected chi connectivity index (χ2v) is 3.99. The molecule has 0 saturated carbocycles. The van der Waals surface area contributed by atoms with Crippen LogP contribution >= 0.6 is 0 Å². The Hall–Kier alpha value is -1.09. The van der Waals surface area contributed by atoms with E-state index < -0.39 is 0 Å². The summed E-state index contributed by atoms with van der Waals surface area (Å²) >= 11 is 0. The minimum atomic E-state index is 0.495. The molecule has 0 amide bonds. The molecule has 1 aromatic heterocycles. The third-order valence-corrected chi connectivity index (χ3v) is 2.61. The predicted molar refractivity (Wildman–Crippen MR) is 65.2 cm³/mol. The first-order valence-electron chi connectivity index (χ1n) is 5.53. The Morgan fingerprint density at radius 3 is 2.80 bits per heavy atom. The second kappa shape index (κ2) is 5.71. The van der Waals surface area contributed by atoms with Crippen LogP contribution in [-0.2, 0) is 6.54 Å². The van der Waals surface area contributed by atoms with E-state index in [2.05, 4.69) is 49.1 Å². The largest absolute Gasteiger partial charge is 0.371 e. The zero-order chi connectivity index (χ0) is 11.3. The van der Waals surface area contributed by atoms with Crippen LogP contribution in [0.25, 0.3) is 0 Å². The van der Waals surface area contributed by atoms with E-state index in [0.29, 0.717) is 6.04 Å². The van der Waals surface area contributed by atoms with Crippen molar-refractivity contribution in [3.05, 3.63) is 24.0 Å². The van der Waals surface area contributed by atoms with Gasteiger partial charge in [-0.25, -0.2) is 0 Å². The average Bonchev–Trinajstić information content (AvgIpc) is 2.25. The highest BCUT2D eigenvalue weighted by Crippen LogP contribution is 2.19. The van der Waals surface area contributed by atoms with Crippen LogP contribution in [-0.4, -0.2) is 24.6 Å². The van der Waals surface area contributed by atoms with Crippen LogP contribution in [0.1, 0.15) is 26.3 Å². The van der Waals surface area contributed by atoms with Gasteiger partial charge in [-0.3, -0.25) is 4.98 Å². The lowest BCUT2D eigenvalue weighted by molar-refractivity contribution is 0.707. The summed E-state index contributed by atoms with van der Waals surface area (Å²) in [7, 11) is 2.11. The third-order valence-electron chi connectivity index (χ3n) is 2.61. The fourth-order valence-corrected chi connectivity index (χ4v) is 1.42. The molecule has 0 bridgehead atoms. The van der Waals surface area contributed by atoms with E-state index in [9.17, 15) is 0 Å². The van der Waals surface area contributed by atoms with E-state index >= 15 is 0 Å². The quantitative estimate of drug-likeness (QED) is 0.801. The highest BCUT2D eigenvalue weighted by molar-refractivity contribution is 5.51. The Labute approximate surface area is 92.5 Å². The lowest BCUT2D eigenvalue weighted by Crippen LogP contribution is -2.27. The predicted octanol–water partition coefficient (Wildman–Crippen LogP) is 2.04. The number of hydrogen-bond donors (Lipinski definition) is 1. The van der Waals surface area contributed by atoms with Gasteiger partial charge in [0.25, 0.3) is 0 Å². The van der Waals surface area contributed by atoms with E-state index in [4.69, 9.17) is 0 Å². The van der Waals surface area contributed by atoms with Crippen molar-refractivity contribution in [1.29, 1.82) is 0 Å². The molecule has 3 heteroatoms. The minimum Gasteiger partial charge on any atom is -0.371 e. The van der Waals surface area contributed by atoms with Crippen molar-refractivity contribution in [2.75, 3.05) is 18.5 Å². The Morgan fingerprint density at radius 1 is 1.47 bits per heavy atom. The van der Waals surface area contributed by atoms with Gasteiger partial charge in [0.1, 0.15) is 0 Å². The van der Waals surface area contributed by atoms with Crippen LogP contribution in [0.2, 0.25) is 0 Å². The molecule has 0 saturated heterocycles. The number of hydrogen-bond acceptors (Lipinski definition) is 3. The molecule has 0 fully saturated rings. The van der Waals surface area contributed by atoms with Gasteiger partial charge in [-0.1, -0.05) is 6.92 Å². The number of anilines is 1.